The Morgan fingerprint density at radius 3 is 2.71 bits per heavy atom. The van der Waals surface area contributed by atoms with Crippen molar-refractivity contribution in [3.8, 4) is 11.4 Å². The average Bonchev–Trinajstić information content (AvgIpc) is 3.52. The summed E-state index contributed by atoms with van der Waals surface area (Å²) in [5.74, 6) is 0.209. The van der Waals surface area contributed by atoms with Crippen molar-refractivity contribution in [1.29, 1.82) is 0 Å². The Hall–Kier alpha value is -4.36. The number of hydrogen-bond acceptors (Lipinski definition) is 9. The average molecular weight is 520 g/mol. The van der Waals surface area contributed by atoms with Crippen molar-refractivity contribution in [1.82, 2.24) is 34.7 Å². The smallest absolute Gasteiger partial charge is 0.261 e. The zero-order valence-corrected chi connectivity index (χ0v) is 20.9. The number of aromatic amines is 2. The number of ether oxygens (including phenoxy) is 2. The van der Waals surface area contributed by atoms with Gasteiger partial charge in [-0.3, -0.25) is 9.48 Å². The first-order chi connectivity index (χ1) is 18.5. The summed E-state index contributed by atoms with van der Waals surface area (Å²) in [5, 5.41) is 7.92. The fourth-order valence-electron chi connectivity index (χ4n) is 4.74. The van der Waals surface area contributed by atoms with Crippen LogP contribution in [-0.4, -0.2) is 74.7 Å². The van der Waals surface area contributed by atoms with Crippen LogP contribution < -0.4 is 15.8 Å². The van der Waals surface area contributed by atoms with Crippen LogP contribution in [0.3, 0.4) is 0 Å². The first kappa shape index (κ1) is 24.0. The number of imidazole rings is 1. The minimum atomic E-state index is -0.499. The molecule has 6 rings (SSSR count). The first-order valence-electron chi connectivity index (χ1n) is 12.2. The van der Waals surface area contributed by atoms with Gasteiger partial charge < -0.3 is 29.7 Å². The predicted octanol–water partition coefficient (Wildman–Crippen LogP) is 2.37. The van der Waals surface area contributed by atoms with E-state index in [2.05, 4.69) is 40.2 Å². The summed E-state index contributed by atoms with van der Waals surface area (Å²) in [6, 6.07) is 4.52. The van der Waals surface area contributed by atoms with Crippen LogP contribution in [0.4, 0.5) is 15.8 Å². The molecule has 5 heterocycles. The molecule has 1 atom stereocenters. The number of halogens is 1. The summed E-state index contributed by atoms with van der Waals surface area (Å²) in [6.45, 7) is 2.71. The normalized spacial score (nSPS) is 14.9. The topological polar surface area (TPSA) is 139 Å². The van der Waals surface area contributed by atoms with Gasteiger partial charge in [-0.2, -0.15) is 5.10 Å². The maximum absolute atomic E-state index is 15.2. The monoisotopic (exact) mass is 519 g/mol. The molecule has 0 spiro atoms. The van der Waals surface area contributed by atoms with E-state index in [9.17, 15) is 4.79 Å². The Bertz CT molecular complexity index is 1660. The van der Waals surface area contributed by atoms with Gasteiger partial charge in [-0.25, -0.2) is 19.3 Å². The summed E-state index contributed by atoms with van der Waals surface area (Å²) in [4.78, 5) is 34.7. The standard InChI is InChI=1S/C25H26FN9O3/c1-34-12-17-21(33-34)22(29-18(13-37-2)23-27-4-3-5-28-23)19(25(36)31-17)24-30-16-11-14(10-15(26)20(16)32-24)35-6-8-38-9-7-35/h3-5,10-12,18,29H,6-9,13H2,1-2H3,(H,30,32)(H,31,36). The molecule has 0 bridgehead atoms. The second kappa shape index (κ2) is 9.84. The molecule has 0 saturated carbocycles. The number of aryl methyl sites for hydroxylation is 1. The number of rotatable bonds is 7. The third kappa shape index (κ3) is 4.35. The molecule has 196 valence electrons. The van der Waals surface area contributed by atoms with Gasteiger partial charge in [0, 0.05) is 51.5 Å². The van der Waals surface area contributed by atoms with E-state index in [1.54, 1.807) is 43.5 Å². The zero-order chi connectivity index (χ0) is 26.2. The highest BCUT2D eigenvalue weighted by molar-refractivity contribution is 5.97. The van der Waals surface area contributed by atoms with Gasteiger partial charge in [0.25, 0.3) is 5.56 Å². The largest absolute Gasteiger partial charge is 0.382 e. The second-order valence-corrected chi connectivity index (χ2v) is 9.04. The lowest BCUT2D eigenvalue weighted by atomic mass is 10.1. The van der Waals surface area contributed by atoms with Crippen molar-refractivity contribution in [2.75, 3.05) is 50.2 Å². The number of methoxy groups -OCH3 is 1. The van der Waals surface area contributed by atoms with Crippen LogP contribution >= 0.6 is 0 Å². The fraction of sp³-hybridized carbons (Fsp3) is 0.320. The van der Waals surface area contributed by atoms with Crippen molar-refractivity contribution in [3.63, 3.8) is 0 Å². The van der Waals surface area contributed by atoms with Gasteiger partial charge in [0.15, 0.2) is 11.6 Å². The molecule has 4 aromatic heterocycles. The van der Waals surface area contributed by atoms with Crippen LogP contribution in [0.2, 0.25) is 0 Å². The first-order valence-corrected chi connectivity index (χ1v) is 12.2. The number of nitrogens with one attached hydrogen (secondary N) is 3. The number of aromatic nitrogens is 7. The van der Waals surface area contributed by atoms with E-state index >= 15 is 4.39 Å². The SMILES string of the molecule is COCC(Nc1c(-c2nc3c(F)cc(N4CCOCC4)cc3[nH]2)c(=O)[nH]c2cn(C)nc12)c1ncccn1. The molecule has 0 aliphatic carbocycles. The van der Waals surface area contributed by atoms with Crippen LogP contribution in [0, 0.1) is 5.82 Å². The predicted molar refractivity (Wildman–Crippen MR) is 140 cm³/mol. The summed E-state index contributed by atoms with van der Waals surface area (Å²) in [6.07, 6.45) is 4.98. The lowest BCUT2D eigenvalue weighted by Gasteiger charge is -2.28. The number of hydrogen-bond donors (Lipinski definition) is 3. The molecule has 38 heavy (non-hydrogen) atoms. The number of H-pyrrole nitrogens is 2. The van der Waals surface area contributed by atoms with Crippen LogP contribution in [0.1, 0.15) is 11.9 Å². The van der Waals surface area contributed by atoms with Gasteiger partial charge in [-0.1, -0.05) is 0 Å². The van der Waals surface area contributed by atoms with E-state index in [4.69, 9.17) is 9.47 Å². The van der Waals surface area contributed by atoms with Gasteiger partial charge in [-0.05, 0) is 18.2 Å². The molecule has 1 unspecified atom stereocenters. The number of pyridine rings is 1. The van der Waals surface area contributed by atoms with E-state index < -0.39 is 17.4 Å². The molecule has 12 nitrogen and oxygen atoms in total. The van der Waals surface area contributed by atoms with E-state index in [0.717, 1.165) is 5.69 Å². The molecule has 1 fully saturated rings. The molecule has 1 aromatic carbocycles. The Labute approximate surface area is 215 Å². The highest BCUT2D eigenvalue weighted by atomic mass is 19.1. The van der Waals surface area contributed by atoms with Gasteiger partial charge in [0.05, 0.1) is 36.5 Å². The van der Waals surface area contributed by atoms with Gasteiger partial charge >= 0.3 is 0 Å². The molecule has 1 saturated heterocycles. The number of fused-ring (bicyclic) bond motifs is 2. The molecular weight excluding hydrogens is 493 g/mol. The minimum Gasteiger partial charge on any atom is -0.382 e. The van der Waals surface area contributed by atoms with Gasteiger partial charge in [0.1, 0.15) is 28.5 Å². The summed E-state index contributed by atoms with van der Waals surface area (Å²) >= 11 is 0. The summed E-state index contributed by atoms with van der Waals surface area (Å²) in [5.41, 5.74) is 2.58. The maximum Gasteiger partial charge on any atom is 0.261 e. The van der Waals surface area contributed by atoms with Crippen molar-refractivity contribution in [3.05, 3.63) is 58.8 Å². The van der Waals surface area contributed by atoms with Crippen molar-refractivity contribution >= 4 is 33.4 Å². The lowest BCUT2D eigenvalue weighted by Crippen LogP contribution is -2.36. The quantitative estimate of drug-likeness (QED) is 0.296. The van der Waals surface area contributed by atoms with E-state index in [-0.39, 0.29) is 23.5 Å². The molecule has 3 N–H and O–H groups in total. The fourth-order valence-corrected chi connectivity index (χ4v) is 4.74. The third-order valence-electron chi connectivity index (χ3n) is 6.48. The Kier molecular flexibility index (Phi) is 6.21. The van der Waals surface area contributed by atoms with Gasteiger partial charge in [-0.15, -0.1) is 0 Å². The van der Waals surface area contributed by atoms with Crippen LogP contribution in [0.25, 0.3) is 33.5 Å². The van der Waals surface area contributed by atoms with Gasteiger partial charge in [0.2, 0.25) is 0 Å². The Morgan fingerprint density at radius 1 is 1.16 bits per heavy atom. The zero-order valence-electron chi connectivity index (χ0n) is 20.9. The summed E-state index contributed by atoms with van der Waals surface area (Å²) in [7, 11) is 3.33. The van der Waals surface area contributed by atoms with Crippen molar-refractivity contribution in [2.24, 2.45) is 7.05 Å². The Morgan fingerprint density at radius 2 is 1.95 bits per heavy atom. The molecule has 1 aliphatic heterocycles. The van der Waals surface area contributed by atoms with E-state index in [1.807, 2.05) is 6.07 Å². The highest BCUT2D eigenvalue weighted by Crippen LogP contribution is 2.34. The highest BCUT2D eigenvalue weighted by Gasteiger charge is 2.25. The molecule has 1 aliphatic rings. The molecule has 13 heteroatoms. The van der Waals surface area contributed by atoms with Crippen LogP contribution in [-0.2, 0) is 16.5 Å². The maximum atomic E-state index is 15.2. The Balaban J connectivity index is 1.50. The third-order valence-corrected chi connectivity index (χ3v) is 6.48. The van der Waals surface area contributed by atoms with Crippen LogP contribution in [0.5, 0.6) is 0 Å². The second-order valence-electron chi connectivity index (χ2n) is 9.04. The molecular formula is C25H26FN9O3. The number of nitrogens with zero attached hydrogens (tertiary/aromatic N) is 6. The number of anilines is 2. The molecule has 0 amide bonds. The number of morpholine rings is 1. The van der Waals surface area contributed by atoms with Crippen molar-refractivity contribution < 1.29 is 13.9 Å². The molecule has 5 aromatic rings. The van der Waals surface area contributed by atoms with Crippen molar-refractivity contribution in [2.45, 2.75) is 6.04 Å². The van der Waals surface area contributed by atoms with E-state index in [0.29, 0.717) is 54.4 Å². The molecule has 0 radical (unpaired) electrons. The van der Waals surface area contributed by atoms with E-state index in [1.165, 1.54) is 6.07 Å². The summed E-state index contributed by atoms with van der Waals surface area (Å²) < 4.78 is 27.7. The van der Waals surface area contributed by atoms with Crippen LogP contribution in [0.15, 0.2) is 41.6 Å². The number of benzene rings is 1. The lowest BCUT2D eigenvalue weighted by molar-refractivity contribution is 0.122. The minimum absolute atomic E-state index is 0.142.